The van der Waals surface area contributed by atoms with Crippen molar-refractivity contribution in [2.24, 2.45) is 0 Å². The van der Waals surface area contributed by atoms with Crippen LogP contribution in [0.2, 0.25) is 0 Å². The van der Waals surface area contributed by atoms with Gasteiger partial charge in [0.15, 0.2) is 0 Å². The number of carbonyl (C=O) groups is 2. The molecule has 2 amide bonds. The Balaban J connectivity index is 2.15. The van der Waals surface area contributed by atoms with Gasteiger partial charge in [-0.1, -0.05) is 12.1 Å². The molecule has 0 radical (unpaired) electrons. The number of benzene rings is 1. The van der Waals surface area contributed by atoms with Gasteiger partial charge in [-0.05, 0) is 25.0 Å². The first-order valence-corrected chi connectivity index (χ1v) is 8.18. The van der Waals surface area contributed by atoms with Gasteiger partial charge in [0.25, 0.3) is 0 Å². The van der Waals surface area contributed by atoms with Crippen molar-refractivity contribution in [3.05, 3.63) is 24.3 Å². The molecule has 1 aliphatic heterocycles. The molecule has 1 fully saturated rings. The van der Waals surface area contributed by atoms with Gasteiger partial charge in [0.1, 0.15) is 0 Å². The maximum Gasteiger partial charge on any atom is 0.471 e. The van der Waals surface area contributed by atoms with Gasteiger partial charge < -0.3 is 21.3 Å². The van der Waals surface area contributed by atoms with Gasteiger partial charge in [-0.15, -0.1) is 0 Å². The summed E-state index contributed by atoms with van der Waals surface area (Å²) in [6.07, 6.45) is -10.6. The lowest BCUT2D eigenvalue weighted by molar-refractivity contribution is -0.177. The third-order valence-electron chi connectivity index (χ3n) is 4.48. The second-order valence-electron chi connectivity index (χ2n) is 6.46. The van der Waals surface area contributed by atoms with Crippen LogP contribution in [0.15, 0.2) is 24.3 Å². The Labute approximate surface area is 156 Å². The average molecular weight is 412 g/mol. The molecule has 0 aliphatic carbocycles. The molecule has 1 aliphatic rings. The number of nitrogens with one attached hydrogen (secondary N) is 2. The summed E-state index contributed by atoms with van der Waals surface area (Å²) in [5, 5.41) is 3.33. The van der Waals surface area contributed by atoms with Gasteiger partial charge in [-0.2, -0.15) is 26.3 Å². The minimum Gasteiger partial charge on any atom is -0.397 e. The van der Waals surface area contributed by atoms with Gasteiger partial charge in [-0.25, -0.2) is 0 Å². The standard InChI is InChI=1S/C16H18F6N4O2/c17-15(18,19)12(27)24-9-14(25-13(28)16(20,21)22)5-7-26(8-6-14)11-4-2-1-3-10(11)23/h1-4H,5-9,23H2,(H,24,27)(H,25,28). The molecule has 1 heterocycles. The monoisotopic (exact) mass is 412 g/mol. The Kier molecular flexibility index (Phi) is 6.00. The molecule has 0 aromatic heterocycles. The van der Waals surface area contributed by atoms with E-state index in [1.165, 1.54) is 0 Å². The smallest absolute Gasteiger partial charge is 0.397 e. The number of nitrogens with two attached hydrogens (primary N) is 1. The van der Waals surface area contributed by atoms with Crippen molar-refractivity contribution >= 4 is 23.2 Å². The van der Waals surface area contributed by atoms with E-state index in [-0.39, 0.29) is 25.9 Å². The highest BCUT2D eigenvalue weighted by molar-refractivity contribution is 5.83. The summed E-state index contributed by atoms with van der Waals surface area (Å²) in [6, 6.07) is 6.74. The predicted octanol–water partition coefficient (Wildman–Crippen LogP) is 1.96. The molecule has 0 saturated carbocycles. The Morgan fingerprint density at radius 2 is 1.54 bits per heavy atom. The van der Waals surface area contributed by atoms with E-state index in [1.54, 1.807) is 39.8 Å². The summed E-state index contributed by atoms with van der Waals surface area (Å²) in [4.78, 5) is 24.2. The molecule has 1 saturated heterocycles. The van der Waals surface area contributed by atoms with Crippen molar-refractivity contribution < 1.29 is 35.9 Å². The summed E-state index contributed by atoms with van der Waals surface area (Å²) >= 11 is 0. The van der Waals surface area contributed by atoms with Crippen molar-refractivity contribution in [1.82, 2.24) is 10.6 Å². The Morgan fingerprint density at radius 3 is 2.04 bits per heavy atom. The number of halogens is 6. The summed E-state index contributed by atoms with van der Waals surface area (Å²) in [5.41, 5.74) is 5.24. The molecule has 2 rings (SSSR count). The number of nitrogens with zero attached hydrogens (tertiary/aromatic N) is 1. The highest BCUT2D eigenvalue weighted by Gasteiger charge is 2.46. The van der Waals surface area contributed by atoms with Gasteiger partial charge >= 0.3 is 24.2 Å². The zero-order valence-electron chi connectivity index (χ0n) is 14.5. The summed E-state index contributed by atoms with van der Waals surface area (Å²) in [6.45, 7) is -0.548. The molecular formula is C16H18F6N4O2. The first kappa shape index (κ1) is 21.6. The molecule has 4 N–H and O–H groups in total. The highest BCUT2D eigenvalue weighted by atomic mass is 19.4. The third kappa shape index (κ3) is 5.20. The van der Waals surface area contributed by atoms with Crippen LogP contribution < -0.4 is 21.3 Å². The minimum absolute atomic E-state index is 0.119. The maximum absolute atomic E-state index is 12.7. The van der Waals surface area contributed by atoms with E-state index >= 15 is 0 Å². The van der Waals surface area contributed by atoms with Crippen LogP contribution in [-0.2, 0) is 9.59 Å². The highest BCUT2D eigenvalue weighted by Crippen LogP contribution is 2.31. The normalized spacial score (nSPS) is 17.1. The fourth-order valence-corrected chi connectivity index (χ4v) is 2.96. The number of anilines is 2. The van der Waals surface area contributed by atoms with E-state index in [0.717, 1.165) is 0 Å². The number of rotatable bonds is 4. The van der Waals surface area contributed by atoms with Gasteiger partial charge in [0, 0.05) is 19.6 Å². The van der Waals surface area contributed by atoms with E-state index < -0.39 is 36.3 Å². The number of amides is 2. The van der Waals surface area contributed by atoms with Crippen LogP contribution in [0.1, 0.15) is 12.8 Å². The molecule has 1 aromatic carbocycles. The van der Waals surface area contributed by atoms with E-state index in [4.69, 9.17) is 5.73 Å². The fourth-order valence-electron chi connectivity index (χ4n) is 2.96. The first-order valence-electron chi connectivity index (χ1n) is 8.18. The SMILES string of the molecule is Nc1ccccc1N1CCC(CNC(=O)C(F)(F)F)(NC(=O)C(F)(F)F)CC1. The average Bonchev–Trinajstić information content (AvgIpc) is 2.59. The molecule has 6 nitrogen and oxygen atoms in total. The minimum atomic E-state index is -5.21. The third-order valence-corrected chi connectivity index (χ3v) is 4.48. The quantitative estimate of drug-likeness (QED) is 0.521. The molecule has 28 heavy (non-hydrogen) atoms. The molecular weight excluding hydrogens is 394 g/mol. The lowest BCUT2D eigenvalue weighted by Crippen LogP contribution is -2.63. The molecule has 12 heteroatoms. The number of hydrogen-bond donors (Lipinski definition) is 3. The van der Waals surface area contributed by atoms with E-state index in [1.807, 2.05) is 0 Å². The van der Waals surface area contributed by atoms with E-state index in [0.29, 0.717) is 11.4 Å². The lowest BCUT2D eigenvalue weighted by atomic mass is 9.86. The number of nitrogen functional groups attached to an aromatic ring is 1. The first-order chi connectivity index (χ1) is 12.8. The number of alkyl halides is 6. The van der Waals surface area contributed by atoms with E-state index in [2.05, 4.69) is 0 Å². The number of para-hydroxylation sites is 2. The number of carbonyl (C=O) groups excluding carboxylic acids is 2. The molecule has 0 bridgehead atoms. The molecule has 0 spiro atoms. The molecule has 0 atom stereocenters. The second kappa shape index (κ2) is 7.76. The largest absolute Gasteiger partial charge is 0.471 e. The second-order valence-corrected chi connectivity index (χ2v) is 6.46. The van der Waals surface area contributed by atoms with Gasteiger partial charge in [0.2, 0.25) is 0 Å². The topological polar surface area (TPSA) is 87.5 Å². The molecule has 1 aromatic rings. The van der Waals surface area contributed by atoms with Crippen LogP contribution >= 0.6 is 0 Å². The van der Waals surface area contributed by atoms with Crippen LogP contribution in [0.4, 0.5) is 37.7 Å². The van der Waals surface area contributed by atoms with Gasteiger partial charge in [0.05, 0.1) is 16.9 Å². The van der Waals surface area contributed by atoms with Crippen LogP contribution in [-0.4, -0.2) is 49.3 Å². The Morgan fingerprint density at radius 1 is 1.00 bits per heavy atom. The summed E-state index contributed by atoms with van der Waals surface area (Å²) in [7, 11) is 0. The lowest BCUT2D eigenvalue weighted by Gasteiger charge is -2.43. The van der Waals surface area contributed by atoms with Crippen molar-refractivity contribution in [3.8, 4) is 0 Å². The molecule has 0 unspecified atom stereocenters. The van der Waals surface area contributed by atoms with Crippen LogP contribution in [0.3, 0.4) is 0 Å². The molecule has 156 valence electrons. The zero-order chi connectivity index (χ0) is 21.2. The van der Waals surface area contributed by atoms with E-state index in [9.17, 15) is 35.9 Å². The maximum atomic E-state index is 12.7. The fraction of sp³-hybridized carbons (Fsp3) is 0.500. The van der Waals surface area contributed by atoms with Crippen molar-refractivity contribution in [1.29, 1.82) is 0 Å². The Bertz CT molecular complexity index is 727. The number of piperidine rings is 1. The number of hydrogen-bond acceptors (Lipinski definition) is 4. The van der Waals surface area contributed by atoms with Crippen molar-refractivity contribution in [2.45, 2.75) is 30.7 Å². The summed E-state index contributed by atoms with van der Waals surface area (Å²) < 4.78 is 75.2. The van der Waals surface area contributed by atoms with Crippen LogP contribution in [0, 0.1) is 0 Å². The van der Waals surface area contributed by atoms with Crippen molar-refractivity contribution in [3.63, 3.8) is 0 Å². The van der Waals surface area contributed by atoms with Crippen molar-refractivity contribution in [2.75, 3.05) is 30.3 Å². The predicted molar refractivity (Wildman–Crippen MR) is 88.3 cm³/mol. The Hall–Kier alpha value is -2.66. The van der Waals surface area contributed by atoms with Crippen LogP contribution in [0.5, 0.6) is 0 Å². The summed E-state index contributed by atoms with van der Waals surface area (Å²) in [5.74, 6) is -4.57. The zero-order valence-corrected chi connectivity index (χ0v) is 14.5. The van der Waals surface area contributed by atoms with Gasteiger partial charge in [-0.3, -0.25) is 9.59 Å². The van der Waals surface area contributed by atoms with Crippen LogP contribution in [0.25, 0.3) is 0 Å².